The number of para-hydroxylation sites is 1. The normalized spacial score (nSPS) is 23.9. The maximum atomic E-state index is 14.0. The number of benzene rings is 1. The van der Waals surface area contributed by atoms with Gasteiger partial charge in [-0.3, -0.25) is 24.0 Å². The van der Waals surface area contributed by atoms with E-state index in [2.05, 4.69) is 20.9 Å². The van der Waals surface area contributed by atoms with E-state index >= 15 is 0 Å². The molecule has 4 amide bonds. The van der Waals surface area contributed by atoms with E-state index in [0.717, 1.165) is 29.3 Å². The molecule has 2 aromatic rings. The van der Waals surface area contributed by atoms with E-state index in [1.165, 1.54) is 0 Å². The van der Waals surface area contributed by atoms with Gasteiger partial charge in [-0.15, -0.1) is 0 Å². The number of ether oxygens (including phenoxy) is 1. The maximum absolute atomic E-state index is 14.0. The van der Waals surface area contributed by atoms with Crippen molar-refractivity contribution in [1.29, 1.82) is 0 Å². The van der Waals surface area contributed by atoms with Gasteiger partial charge in [0.05, 0.1) is 6.61 Å². The van der Waals surface area contributed by atoms with Gasteiger partial charge in [-0.1, -0.05) is 51.3 Å². The summed E-state index contributed by atoms with van der Waals surface area (Å²) in [6, 6.07) is 4.34. The molecule has 2 saturated heterocycles. The quantitative estimate of drug-likeness (QED) is 0.227. The summed E-state index contributed by atoms with van der Waals surface area (Å²) in [4.78, 5) is 71.9. The van der Waals surface area contributed by atoms with E-state index in [1.807, 2.05) is 44.3 Å². The number of aromatic nitrogens is 1. The van der Waals surface area contributed by atoms with Crippen molar-refractivity contribution < 1.29 is 28.7 Å². The molecule has 1 aromatic heterocycles. The summed E-state index contributed by atoms with van der Waals surface area (Å²) >= 11 is 0. The first-order chi connectivity index (χ1) is 21.2. The Bertz CT molecular complexity index is 1320. The van der Waals surface area contributed by atoms with Crippen molar-refractivity contribution >= 4 is 40.5 Å². The standard InChI is InChI=1S/C33H47N5O6/c1-4-21(3)29-33(43)38-18-12-11-16-27(38)32(42)35-25(15-7-6-8-17-28(39)44-5-2)30(40)36-26(31(41)37-29)19-22-20-34-24-14-10-9-13-23(22)24/h9-10,13-14,20-21,25-27,29,34H,4-8,11-12,15-19H2,1-3H3,(H,35,42)(H,36,40)(H,37,41)/t21-,25-,26-,27+,29-/m0/s1. The number of nitrogens with one attached hydrogen (secondary N) is 4. The zero-order valence-corrected chi connectivity index (χ0v) is 26.2. The van der Waals surface area contributed by atoms with Gasteiger partial charge in [0.1, 0.15) is 24.2 Å². The monoisotopic (exact) mass is 609 g/mol. The summed E-state index contributed by atoms with van der Waals surface area (Å²) < 4.78 is 5.00. The van der Waals surface area contributed by atoms with Crippen LogP contribution in [0.15, 0.2) is 30.5 Å². The molecule has 1 aromatic carbocycles. The number of amides is 4. The predicted octanol–water partition coefficient (Wildman–Crippen LogP) is 3.12. The maximum Gasteiger partial charge on any atom is 0.305 e. The van der Waals surface area contributed by atoms with Crippen molar-refractivity contribution in [2.45, 2.75) is 109 Å². The van der Waals surface area contributed by atoms with E-state index < -0.39 is 36.0 Å². The molecule has 0 radical (unpaired) electrons. The summed E-state index contributed by atoms with van der Waals surface area (Å²) in [6.45, 7) is 6.39. The van der Waals surface area contributed by atoms with Crippen LogP contribution >= 0.6 is 0 Å². The van der Waals surface area contributed by atoms with Crippen molar-refractivity contribution in [2.75, 3.05) is 13.2 Å². The number of carbonyl (C=O) groups is 5. The highest BCUT2D eigenvalue weighted by Crippen LogP contribution is 2.23. The van der Waals surface area contributed by atoms with Crippen LogP contribution in [0, 0.1) is 5.92 Å². The van der Waals surface area contributed by atoms with Gasteiger partial charge in [0.2, 0.25) is 23.6 Å². The number of carbonyl (C=O) groups excluding carboxylic acids is 5. The average Bonchev–Trinajstić information content (AvgIpc) is 3.44. The zero-order chi connectivity index (χ0) is 31.6. The van der Waals surface area contributed by atoms with Crippen LogP contribution < -0.4 is 16.0 Å². The summed E-state index contributed by atoms with van der Waals surface area (Å²) in [7, 11) is 0. The smallest absolute Gasteiger partial charge is 0.305 e. The second-order valence-electron chi connectivity index (χ2n) is 12.0. The number of hydrogen-bond acceptors (Lipinski definition) is 6. The summed E-state index contributed by atoms with van der Waals surface area (Å²) in [5, 5.41) is 9.77. The van der Waals surface area contributed by atoms with Crippen molar-refractivity contribution in [3.8, 4) is 0 Å². The molecule has 3 heterocycles. The summed E-state index contributed by atoms with van der Waals surface area (Å²) in [6.07, 6.45) is 7.23. The van der Waals surface area contributed by atoms with E-state index in [4.69, 9.17) is 4.74 Å². The molecule has 11 nitrogen and oxygen atoms in total. The van der Waals surface area contributed by atoms with Crippen LogP contribution in [0.2, 0.25) is 0 Å². The molecule has 0 saturated carbocycles. The fourth-order valence-corrected chi connectivity index (χ4v) is 6.15. The molecule has 2 aliphatic heterocycles. The molecule has 4 rings (SSSR count). The molecule has 2 aliphatic rings. The SMILES string of the molecule is CCOC(=O)CCCCC[C@@H]1NC(=O)[C@H]2CCCCN2C(=O)[C@H]([C@@H](C)CC)NC(=O)[C@H](Cc2c[nH]c3ccccc23)NC1=O. The van der Waals surface area contributed by atoms with Crippen LogP contribution in [0.1, 0.15) is 84.1 Å². The van der Waals surface area contributed by atoms with Crippen LogP contribution in [-0.4, -0.2) is 76.8 Å². The van der Waals surface area contributed by atoms with Crippen LogP contribution in [0.3, 0.4) is 0 Å². The number of nitrogens with zero attached hydrogens (tertiary/aromatic N) is 1. The van der Waals surface area contributed by atoms with E-state index in [0.29, 0.717) is 58.1 Å². The largest absolute Gasteiger partial charge is 0.466 e. The van der Waals surface area contributed by atoms with Gasteiger partial charge in [-0.05, 0) is 56.6 Å². The van der Waals surface area contributed by atoms with Gasteiger partial charge in [0, 0.05) is 36.5 Å². The Balaban J connectivity index is 1.61. The molecular weight excluding hydrogens is 562 g/mol. The highest BCUT2D eigenvalue weighted by molar-refractivity contribution is 5.98. The number of rotatable bonds is 11. The van der Waals surface area contributed by atoms with Gasteiger partial charge in [-0.2, -0.15) is 0 Å². The predicted molar refractivity (Wildman–Crippen MR) is 166 cm³/mol. The molecule has 0 spiro atoms. The van der Waals surface area contributed by atoms with Gasteiger partial charge in [0.15, 0.2) is 0 Å². The van der Waals surface area contributed by atoms with Crippen LogP contribution in [-0.2, 0) is 35.1 Å². The summed E-state index contributed by atoms with van der Waals surface area (Å²) in [5.41, 5.74) is 1.77. The molecule has 0 aliphatic carbocycles. The number of piperidine rings is 1. The Labute approximate surface area is 259 Å². The summed E-state index contributed by atoms with van der Waals surface area (Å²) in [5.74, 6) is -1.93. The second kappa shape index (κ2) is 15.7. The molecule has 0 bridgehead atoms. The molecule has 5 atom stereocenters. The van der Waals surface area contributed by atoms with Crippen molar-refractivity contribution in [3.63, 3.8) is 0 Å². The lowest BCUT2D eigenvalue weighted by Crippen LogP contribution is -2.64. The minimum Gasteiger partial charge on any atom is -0.466 e. The fourth-order valence-electron chi connectivity index (χ4n) is 6.15. The van der Waals surface area contributed by atoms with Crippen LogP contribution in [0.25, 0.3) is 10.9 Å². The van der Waals surface area contributed by atoms with Gasteiger partial charge in [0.25, 0.3) is 0 Å². The van der Waals surface area contributed by atoms with E-state index in [-0.39, 0.29) is 30.1 Å². The highest BCUT2D eigenvalue weighted by Gasteiger charge is 2.40. The third-order valence-corrected chi connectivity index (χ3v) is 8.91. The highest BCUT2D eigenvalue weighted by atomic mass is 16.5. The van der Waals surface area contributed by atoms with Crippen LogP contribution in [0.4, 0.5) is 0 Å². The van der Waals surface area contributed by atoms with Gasteiger partial charge in [-0.25, -0.2) is 0 Å². The van der Waals surface area contributed by atoms with Crippen molar-refractivity contribution in [3.05, 3.63) is 36.0 Å². The Hall–Kier alpha value is -3.89. The van der Waals surface area contributed by atoms with Gasteiger partial charge >= 0.3 is 5.97 Å². The molecule has 11 heteroatoms. The minimum atomic E-state index is -0.971. The Morgan fingerprint density at radius 1 is 0.955 bits per heavy atom. The molecule has 4 N–H and O–H groups in total. The first-order valence-electron chi connectivity index (χ1n) is 16.2. The fraction of sp³-hybridized carbons (Fsp3) is 0.606. The zero-order valence-electron chi connectivity index (χ0n) is 26.2. The number of esters is 1. The topological polar surface area (TPSA) is 150 Å². The van der Waals surface area contributed by atoms with E-state index in [1.54, 1.807) is 11.8 Å². The second-order valence-corrected chi connectivity index (χ2v) is 12.0. The number of H-pyrrole nitrogens is 1. The molecule has 0 unspecified atom stereocenters. The molecular formula is C33H47N5O6. The lowest BCUT2D eigenvalue weighted by molar-refractivity contribution is -0.147. The molecule has 44 heavy (non-hydrogen) atoms. The number of hydrogen-bond donors (Lipinski definition) is 4. The van der Waals surface area contributed by atoms with Crippen LogP contribution in [0.5, 0.6) is 0 Å². The Kier molecular flexibility index (Phi) is 11.8. The Morgan fingerprint density at radius 2 is 1.70 bits per heavy atom. The lowest BCUT2D eigenvalue weighted by Gasteiger charge is -2.39. The third kappa shape index (κ3) is 8.18. The minimum absolute atomic E-state index is 0.174. The Morgan fingerprint density at radius 3 is 2.48 bits per heavy atom. The lowest BCUT2D eigenvalue weighted by atomic mass is 9.93. The molecule has 2 fully saturated rings. The average molecular weight is 610 g/mol. The first-order valence-corrected chi connectivity index (χ1v) is 16.2. The first kappa shape index (κ1) is 33.0. The van der Waals surface area contributed by atoms with E-state index in [9.17, 15) is 24.0 Å². The number of unbranched alkanes of at least 4 members (excludes halogenated alkanes) is 2. The van der Waals surface area contributed by atoms with Gasteiger partial charge < -0.3 is 30.6 Å². The third-order valence-electron chi connectivity index (χ3n) is 8.91. The van der Waals surface area contributed by atoms with Crippen molar-refractivity contribution in [2.24, 2.45) is 5.92 Å². The number of fused-ring (bicyclic) bond motifs is 2. The van der Waals surface area contributed by atoms with Crippen molar-refractivity contribution in [1.82, 2.24) is 25.8 Å². The number of aromatic amines is 1. The molecule has 240 valence electrons.